The van der Waals surface area contributed by atoms with Gasteiger partial charge in [-0.05, 0) is 111 Å². The summed E-state index contributed by atoms with van der Waals surface area (Å²) < 4.78 is 1.67. The monoisotopic (exact) mass is 1260 g/mol. The molecule has 0 atom stereocenters. The predicted molar refractivity (Wildman–Crippen MR) is 392 cm³/mol. The van der Waals surface area contributed by atoms with Crippen molar-refractivity contribution in [2.24, 2.45) is 0 Å². The minimum Gasteiger partial charge on any atom is -0.493 e. The van der Waals surface area contributed by atoms with Crippen LogP contribution in [0.3, 0.4) is 0 Å². The predicted octanol–water partition coefficient (Wildman–Crippen LogP) is 30.2. The molecule has 1 aliphatic heterocycles. The maximum Gasteiger partial charge on any atom is 0.210 e. The number of hydrogen-bond donors (Lipinski definition) is 0. The number of allylic oxidation sites excluding steroid dienone is 2. The summed E-state index contributed by atoms with van der Waals surface area (Å²) in [6.07, 6.45) is 90.0. The summed E-state index contributed by atoms with van der Waals surface area (Å²) in [5, 5.41) is 0. The summed E-state index contributed by atoms with van der Waals surface area (Å²) in [7, 11) is 0. The van der Waals surface area contributed by atoms with E-state index in [1.165, 1.54) is 418 Å². The molecule has 1 aliphatic rings. The van der Waals surface area contributed by atoms with Crippen LogP contribution in [0.5, 0.6) is 0 Å². The van der Waals surface area contributed by atoms with Crippen LogP contribution >= 0.6 is 0 Å². The molecule has 0 unspecified atom stereocenters. The molecule has 2 aromatic rings. The van der Waals surface area contributed by atoms with Crippen LogP contribution in [0.15, 0.2) is 48.0 Å². The van der Waals surface area contributed by atoms with E-state index in [9.17, 15) is 5.53 Å². The number of rotatable bonds is 66. The molecule has 0 saturated carbocycles. The molecule has 0 aromatic heterocycles. The third kappa shape index (κ3) is 43.8. The summed E-state index contributed by atoms with van der Waals surface area (Å²) in [5.74, 6) is 0. The molecular formula is C85H150N2Ni. The minimum absolute atomic E-state index is 0. The van der Waals surface area contributed by atoms with Gasteiger partial charge in [-0.25, -0.2) is 4.70 Å². The number of hydrogen-bond acceptors (Lipinski definition) is 0. The first kappa shape index (κ1) is 82.1. The van der Waals surface area contributed by atoms with E-state index in [4.69, 9.17) is 0 Å². The number of nitrogens with zero attached hydrogens (tertiary/aromatic N) is 2. The normalized spacial score (nSPS) is 12.5. The molecule has 0 spiro atoms. The zero-order chi connectivity index (χ0) is 62.0. The summed E-state index contributed by atoms with van der Waals surface area (Å²) in [6.45, 7) is 11.6. The summed E-state index contributed by atoms with van der Waals surface area (Å²) in [4.78, 5) is 0. The van der Waals surface area contributed by atoms with Gasteiger partial charge in [0.05, 0.1) is 0 Å². The average Bonchev–Trinajstić information content (AvgIpc) is 3.87. The maximum atomic E-state index is 12.8. The van der Waals surface area contributed by atoms with Gasteiger partial charge in [0.1, 0.15) is 0 Å². The molecule has 0 aliphatic carbocycles. The van der Waals surface area contributed by atoms with Crippen molar-refractivity contribution in [3.63, 3.8) is 0 Å². The molecule has 0 amide bonds. The van der Waals surface area contributed by atoms with E-state index in [1.54, 1.807) is 4.70 Å². The molecule has 2 nitrogen and oxygen atoms in total. The average molecular weight is 1260 g/mol. The molecule has 2 aromatic carbocycles. The van der Waals surface area contributed by atoms with E-state index < -0.39 is 0 Å². The van der Waals surface area contributed by atoms with Gasteiger partial charge in [0.15, 0.2) is 0 Å². The van der Waals surface area contributed by atoms with Crippen LogP contribution in [0.1, 0.15) is 453 Å². The van der Waals surface area contributed by atoms with Crippen molar-refractivity contribution in [2.45, 2.75) is 446 Å². The minimum atomic E-state index is 0. The second kappa shape index (κ2) is 61.2. The van der Waals surface area contributed by atoms with Gasteiger partial charge in [-0.2, -0.15) is 0 Å². The molecule has 88 heavy (non-hydrogen) atoms. The Balaban J connectivity index is 0.0000264. The molecule has 0 radical (unpaired) electrons. The Hall–Kier alpha value is -1.99. The van der Waals surface area contributed by atoms with Crippen molar-refractivity contribution in [2.75, 3.05) is 0 Å². The smallest absolute Gasteiger partial charge is 0.210 e. The molecule has 0 saturated heterocycles. The third-order valence-electron chi connectivity index (χ3n) is 20.1. The quantitative estimate of drug-likeness (QED) is 0.0358. The molecule has 3 rings (SSSR count). The fraction of sp³-hybridized carbons (Fsp3) is 0.812. The van der Waals surface area contributed by atoms with Gasteiger partial charge < -0.3 is 5.53 Å². The Morgan fingerprint density at radius 1 is 0.227 bits per heavy atom. The van der Waals surface area contributed by atoms with E-state index >= 15 is 0 Å². The van der Waals surface area contributed by atoms with Gasteiger partial charge in [0.2, 0.25) is 11.4 Å². The van der Waals surface area contributed by atoms with Gasteiger partial charge in [-0.3, -0.25) is 0 Å². The number of unbranched alkanes of at least 4 members (excludes halogenated alkanes) is 54. The SMILES string of the molecule is CCCCCCCCCCCCCCCCc1cc(CCCCCCCCCCCCCCCC)cc(C2=CC(CCCCC)=C(c3cc(CCCCCCCCCCCCCCCC)cc(CCCCCCCCCCCCCCCC)c3)[N+]2=[N-])c1.[Ni]. The Morgan fingerprint density at radius 2 is 0.409 bits per heavy atom. The van der Waals surface area contributed by atoms with Crippen LogP contribution in [-0.4, -0.2) is 4.70 Å². The first-order valence-corrected chi connectivity index (χ1v) is 40.2. The second-order valence-corrected chi connectivity index (χ2v) is 28.6. The van der Waals surface area contributed by atoms with E-state index in [0.29, 0.717) is 0 Å². The Labute approximate surface area is 561 Å². The van der Waals surface area contributed by atoms with Crippen molar-refractivity contribution in [3.05, 3.63) is 87.0 Å². The molecule has 3 heteroatoms. The van der Waals surface area contributed by atoms with E-state index in [0.717, 1.165) is 43.5 Å². The maximum absolute atomic E-state index is 12.8. The summed E-state index contributed by atoms with van der Waals surface area (Å²) >= 11 is 0. The van der Waals surface area contributed by atoms with E-state index in [2.05, 4.69) is 77.1 Å². The van der Waals surface area contributed by atoms with Crippen LogP contribution in [0.2, 0.25) is 0 Å². The van der Waals surface area contributed by atoms with Crippen LogP contribution in [0, 0.1) is 0 Å². The first-order chi connectivity index (χ1) is 43.0. The number of benzene rings is 2. The Morgan fingerprint density at radius 3 is 0.636 bits per heavy atom. The number of aryl methyl sites for hydroxylation is 4. The zero-order valence-corrected chi connectivity index (χ0v) is 61.0. The van der Waals surface area contributed by atoms with Crippen molar-refractivity contribution < 1.29 is 21.2 Å². The van der Waals surface area contributed by atoms with E-state index in [-0.39, 0.29) is 16.5 Å². The molecule has 0 fully saturated rings. The van der Waals surface area contributed by atoms with Crippen molar-refractivity contribution in [1.29, 1.82) is 0 Å². The summed E-state index contributed by atoms with van der Waals surface area (Å²) in [6, 6.07) is 15.1. The van der Waals surface area contributed by atoms with Crippen LogP contribution < -0.4 is 0 Å². The van der Waals surface area contributed by atoms with Crippen LogP contribution in [0.4, 0.5) is 0 Å². The van der Waals surface area contributed by atoms with Crippen molar-refractivity contribution >= 4 is 11.4 Å². The Bertz CT molecular complexity index is 1840. The molecular weight excluding hydrogens is 1110 g/mol. The molecule has 510 valence electrons. The zero-order valence-electron chi connectivity index (χ0n) is 60.0. The topological polar surface area (TPSA) is 25.3 Å². The first-order valence-electron chi connectivity index (χ1n) is 40.2. The van der Waals surface area contributed by atoms with Crippen molar-refractivity contribution in [3.8, 4) is 0 Å². The molecule has 0 bridgehead atoms. The fourth-order valence-electron chi connectivity index (χ4n) is 14.3. The summed E-state index contributed by atoms with van der Waals surface area (Å²) in [5.41, 5.74) is 24.6. The van der Waals surface area contributed by atoms with Gasteiger partial charge in [0, 0.05) is 39.3 Å². The van der Waals surface area contributed by atoms with E-state index in [1.807, 2.05) is 0 Å². The third-order valence-corrected chi connectivity index (χ3v) is 20.1. The van der Waals surface area contributed by atoms with Crippen molar-refractivity contribution in [1.82, 2.24) is 0 Å². The standard InChI is InChI=1S/C85H150N2.Ni/c1-6-11-16-20-24-28-32-36-40-44-48-52-56-61-65-77-70-78(66-62-57-53-49-45-41-37-33-29-25-21-17-12-7-2)73-82(72-77)84-76-81(69-60-15-10-5)85(87(84)86)83-74-79(67-63-58-54-50-46-42-38-34-30-26-22-18-13-8-3)71-80(75-83)68-64-59-55-51-47-43-39-35-31-27-23-19-14-9-4;/h70-76H,6-69H2,1-5H3;. The van der Waals surface area contributed by atoms with Gasteiger partial charge in [-0.15, -0.1) is 0 Å². The van der Waals surface area contributed by atoms with Crippen LogP contribution in [0.25, 0.3) is 16.9 Å². The van der Waals surface area contributed by atoms with Crippen LogP contribution in [-0.2, 0) is 42.2 Å². The van der Waals surface area contributed by atoms with Gasteiger partial charge in [-0.1, -0.05) is 393 Å². The van der Waals surface area contributed by atoms with Gasteiger partial charge in [0.25, 0.3) is 0 Å². The Kier molecular flexibility index (Phi) is 57.1. The largest absolute Gasteiger partial charge is 0.493 e. The van der Waals surface area contributed by atoms with Gasteiger partial charge >= 0.3 is 0 Å². The second-order valence-electron chi connectivity index (χ2n) is 28.6. The molecule has 0 N–H and O–H groups in total. The fourth-order valence-corrected chi connectivity index (χ4v) is 14.3. The molecule has 1 heterocycles.